The van der Waals surface area contributed by atoms with Gasteiger partial charge in [-0.25, -0.2) is 4.99 Å². The molecule has 0 saturated heterocycles. The molecule has 0 radical (unpaired) electrons. The number of hydrogen-bond donors (Lipinski definition) is 0. The van der Waals surface area contributed by atoms with Gasteiger partial charge in [0.25, 0.3) is 0 Å². The maximum absolute atomic E-state index is 9.75. The monoisotopic (exact) mass is 424 g/mol. The smallest absolute Gasteiger partial charge is 0.161 e. The number of thiophene rings is 1. The van der Waals surface area contributed by atoms with Crippen molar-refractivity contribution in [3.63, 3.8) is 0 Å². The number of fused-ring (bicyclic) bond motifs is 1. The van der Waals surface area contributed by atoms with Crippen LogP contribution >= 0.6 is 11.3 Å². The molecule has 0 fully saturated rings. The fourth-order valence-corrected chi connectivity index (χ4v) is 5.01. The molecule has 0 spiro atoms. The molecular weight excluding hydrogens is 392 g/mol. The molecule has 0 saturated carbocycles. The second-order valence-electron chi connectivity index (χ2n) is 9.47. The van der Waals surface area contributed by atoms with Gasteiger partial charge in [0.15, 0.2) is 11.5 Å². The third-order valence-electron chi connectivity index (χ3n) is 5.67. The molecule has 30 heavy (non-hydrogen) atoms. The second kappa shape index (κ2) is 9.22. The SMILES string of the molecule is COc1cc(C=Nc2sc3c(c2C#N)CC[C@@H](C(C)(C)C)C3)ccc1OCC(C)C. The van der Waals surface area contributed by atoms with Crippen molar-refractivity contribution in [1.82, 2.24) is 0 Å². The summed E-state index contributed by atoms with van der Waals surface area (Å²) in [6.45, 7) is 11.8. The molecule has 3 rings (SSSR count). The predicted molar refractivity (Wildman–Crippen MR) is 125 cm³/mol. The van der Waals surface area contributed by atoms with Crippen molar-refractivity contribution in [1.29, 1.82) is 5.26 Å². The fourth-order valence-electron chi connectivity index (χ4n) is 3.79. The Morgan fingerprint density at radius 1 is 1.30 bits per heavy atom. The summed E-state index contributed by atoms with van der Waals surface area (Å²) in [4.78, 5) is 6.03. The zero-order chi connectivity index (χ0) is 21.9. The minimum absolute atomic E-state index is 0.286. The molecule has 0 amide bonds. The van der Waals surface area contributed by atoms with E-state index in [1.165, 1.54) is 10.4 Å². The normalized spacial score (nSPS) is 16.5. The summed E-state index contributed by atoms with van der Waals surface area (Å²) in [5.41, 5.74) is 3.17. The molecule has 0 aliphatic heterocycles. The average molecular weight is 425 g/mol. The lowest BCUT2D eigenvalue weighted by Crippen LogP contribution is -2.26. The summed E-state index contributed by atoms with van der Waals surface area (Å²) in [7, 11) is 1.64. The lowest BCUT2D eigenvalue weighted by atomic mass is 9.72. The Kier molecular flexibility index (Phi) is 6.88. The molecular formula is C25H32N2O2S. The van der Waals surface area contributed by atoms with E-state index in [0.29, 0.717) is 24.2 Å². The van der Waals surface area contributed by atoms with Gasteiger partial charge in [-0.3, -0.25) is 0 Å². The molecule has 0 unspecified atom stereocenters. The Labute approximate surface area is 184 Å². The number of hydrogen-bond acceptors (Lipinski definition) is 5. The van der Waals surface area contributed by atoms with Crippen molar-refractivity contribution in [3.05, 3.63) is 39.8 Å². The van der Waals surface area contributed by atoms with Crippen LogP contribution in [0.4, 0.5) is 5.00 Å². The lowest BCUT2D eigenvalue weighted by molar-refractivity contribution is 0.218. The maximum atomic E-state index is 9.75. The molecule has 0 N–H and O–H groups in total. The first kappa shape index (κ1) is 22.4. The van der Waals surface area contributed by atoms with E-state index in [0.717, 1.165) is 41.1 Å². The van der Waals surface area contributed by atoms with Crippen LogP contribution in [0.3, 0.4) is 0 Å². The number of aliphatic imine (C=N–C) groups is 1. The highest BCUT2D eigenvalue weighted by atomic mass is 32.1. The Bertz CT molecular complexity index is 961. The second-order valence-corrected chi connectivity index (χ2v) is 10.6. The van der Waals surface area contributed by atoms with E-state index in [-0.39, 0.29) is 5.41 Å². The molecule has 1 aromatic carbocycles. The van der Waals surface area contributed by atoms with Crippen molar-refractivity contribution in [2.75, 3.05) is 13.7 Å². The third kappa shape index (κ3) is 5.05. The summed E-state index contributed by atoms with van der Waals surface area (Å²) < 4.78 is 11.3. The van der Waals surface area contributed by atoms with Gasteiger partial charge in [0, 0.05) is 11.1 Å². The molecule has 4 nitrogen and oxygen atoms in total. The molecule has 1 aromatic heterocycles. The number of nitrogens with zero attached hydrogens (tertiary/aromatic N) is 2. The van der Waals surface area contributed by atoms with Crippen molar-refractivity contribution in [3.8, 4) is 17.6 Å². The van der Waals surface area contributed by atoms with Gasteiger partial charge >= 0.3 is 0 Å². The molecule has 1 aliphatic rings. The Balaban J connectivity index is 1.83. The standard InChI is InChI=1S/C25H32N2O2S/c1-16(2)15-29-21-10-7-17(11-22(21)28-6)14-27-24-20(13-26)19-9-8-18(25(3,4)5)12-23(19)30-24/h7,10-11,14,16,18H,8-9,12,15H2,1-6H3/t18-/m1/s1. The first-order valence-electron chi connectivity index (χ1n) is 10.6. The zero-order valence-corrected chi connectivity index (χ0v) is 19.7. The summed E-state index contributed by atoms with van der Waals surface area (Å²) in [6.07, 6.45) is 4.97. The maximum Gasteiger partial charge on any atom is 0.161 e. The zero-order valence-electron chi connectivity index (χ0n) is 18.9. The molecule has 1 atom stereocenters. The van der Waals surface area contributed by atoms with Crippen molar-refractivity contribution >= 4 is 22.6 Å². The van der Waals surface area contributed by atoms with Gasteiger partial charge in [-0.1, -0.05) is 34.6 Å². The van der Waals surface area contributed by atoms with Crippen LogP contribution in [0.2, 0.25) is 0 Å². The van der Waals surface area contributed by atoms with E-state index in [4.69, 9.17) is 14.5 Å². The van der Waals surface area contributed by atoms with Gasteiger partial charge in [-0.15, -0.1) is 11.3 Å². The molecule has 2 aromatic rings. The van der Waals surface area contributed by atoms with Gasteiger partial charge in [-0.2, -0.15) is 5.26 Å². The number of nitriles is 1. The Morgan fingerprint density at radius 3 is 2.70 bits per heavy atom. The quantitative estimate of drug-likeness (QED) is 0.493. The van der Waals surface area contributed by atoms with Gasteiger partial charge in [0.05, 0.1) is 19.3 Å². The first-order valence-corrected chi connectivity index (χ1v) is 11.4. The molecule has 160 valence electrons. The van der Waals surface area contributed by atoms with E-state index in [1.807, 2.05) is 24.4 Å². The van der Waals surface area contributed by atoms with Gasteiger partial charge < -0.3 is 9.47 Å². The van der Waals surface area contributed by atoms with E-state index in [1.54, 1.807) is 18.4 Å². The number of methoxy groups -OCH3 is 1. The third-order valence-corrected chi connectivity index (χ3v) is 6.84. The van der Waals surface area contributed by atoms with E-state index in [2.05, 4.69) is 40.7 Å². The minimum Gasteiger partial charge on any atom is -0.493 e. The van der Waals surface area contributed by atoms with Crippen LogP contribution in [-0.2, 0) is 12.8 Å². The topological polar surface area (TPSA) is 54.6 Å². The van der Waals surface area contributed by atoms with Crippen LogP contribution in [0.5, 0.6) is 11.5 Å². The molecule has 0 bridgehead atoms. The Hall–Kier alpha value is -2.32. The van der Waals surface area contributed by atoms with Crippen LogP contribution in [0.15, 0.2) is 23.2 Å². The highest BCUT2D eigenvalue weighted by Gasteiger charge is 2.32. The highest BCUT2D eigenvalue weighted by Crippen LogP contribution is 2.44. The van der Waals surface area contributed by atoms with Crippen LogP contribution in [0.1, 0.15) is 62.6 Å². The van der Waals surface area contributed by atoms with Crippen molar-refractivity contribution in [2.45, 2.75) is 53.9 Å². The van der Waals surface area contributed by atoms with E-state index < -0.39 is 0 Å². The van der Waals surface area contributed by atoms with Gasteiger partial charge in [0.2, 0.25) is 0 Å². The van der Waals surface area contributed by atoms with Crippen LogP contribution in [-0.4, -0.2) is 19.9 Å². The van der Waals surface area contributed by atoms with Crippen LogP contribution in [0, 0.1) is 28.6 Å². The largest absolute Gasteiger partial charge is 0.493 e. The summed E-state index contributed by atoms with van der Waals surface area (Å²) in [5, 5.41) is 10.6. The lowest BCUT2D eigenvalue weighted by Gasteiger charge is -2.33. The molecule has 5 heteroatoms. The van der Waals surface area contributed by atoms with E-state index in [9.17, 15) is 5.26 Å². The molecule has 1 heterocycles. The summed E-state index contributed by atoms with van der Waals surface area (Å²) in [6, 6.07) is 8.22. The number of ether oxygens (including phenoxy) is 2. The van der Waals surface area contributed by atoms with Crippen LogP contribution in [0.25, 0.3) is 0 Å². The number of benzene rings is 1. The fraction of sp³-hybridized carbons (Fsp3) is 0.520. The van der Waals surface area contributed by atoms with Gasteiger partial charge in [0.1, 0.15) is 11.1 Å². The predicted octanol–water partition coefficient (Wildman–Crippen LogP) is 6.56. The van der Waals surface area contributed by atoms with Crippen molar-refractivity contribution in [2.24, 2.45) is 22.2 Å². The van der Waals surface area contributed by atoms with E-state index >= 15 is 0 Å². The summed E-state index contributed by atoms with van der Waals surface area (Å²) >= 11 is 1.67. The Morgan fingerprint density at radius 2 is 2.07 bits per heavy atom. The molecule has 1 aliphatic carbocycles. The average Bonchev–Trinajstić information content (AvgIpc) is 3.06. The highest BCUT2D eigenvalue weighted by molar-refractivity contribution is 7.16. The van der Waals surface area contributed by atoms with Gasteiger partial charge in [-0.05, 0) is 65.8 Å². The first-order chi connectivity index (χ1) is 14.2. The number of rotatable bonds is 6. The minimum atomic E-state index is 0.286. The van der Waals surface area contributed by atoms with Crippen LogP contribution < -0.4 is 9.47 Å². The summed E-state index contributed by atoms with van der Waals surface area (Å²) in [5.74, 6) is 2.53. The van der Waals surface area contributed by atoms with Crippen molar-refractivity contribution < 1.29 is 9.47 Å².